The van der Waals surface area contributed by atoms with E-state index in [0.717, 1.165) is 32.4 Å². The fourth-order valence-electron chi connectivity index (χ4n) is 4.60. The Bertz CT molecular complexity index is 744. The van der Waals surface area contributed by atoms with Gasteiger partial charge in [0.25, 0.3) is 5.91 Å². The lowest BCUT2D eigenvalue weighted by atomic mass is 9.71. The molecule has 2 saturated heterocycles. The van der Waals surface area contributed by atoms with Crippen molar-refractivity contribution >= 4 is 17.5 Å². The zero-order chi connectivity index (χ0) is 20.5. The first-order valence-corrected chi connectivity index (χ1v) is 9.89. The fraction of sp³-hybridized carbons (Fsp3) is 0.650. The van der Waals surface area contributed by atoms with Crippen LogP contribution in [0.5, 0.6) is 17.2 Å². The molecular formula is C20H29ClN2O5. The molecule has 0 aromatic heterocycles. The van der Waals surface area contributed by atoms with E-state index >= 15 is 0 Å². The number of carbonyl (C=O) groups excluding carboxylic acids is 1. The molecule has 0 aliphatic carbocycles. The van der Waals surface area contributed by atoms with E-state index in [2.05, 4.69) is 11.9 Å². The number of carbonyl (C=O) groups is 1. The standard InChI is InChI=1S/C20H29ClN2O5/c1-22-9-6-15(24)20(11-22)7-5-8-23(12-20)19(25)13-10-14(21)17(27-3)18(28-4)16(13)26-2/h10,15,24H,5-9,11-12H2,1-4H3/t15-,20-/m0/s1. The minimum Gasteiger partial charge on any atom is -0.492 e. The summed E-state index contributed by atoms with van der Waals surface area (Å²) < 4.78 is 16.2. The Labute approximate surface area is 171 Å². The topological polar surface area (TPSA) is 71.5 Å². The average Bonchev–Trinajstić information content (AvgIpc) is 2.69. The van der Waals surface area contributed by atoms with E-state index < -0.39 is 6.10 Å². The minimum atomic E-state index is -0.407. The van der Waals surface area contributed by atoms with Gasteiger partial charge in [0.05, 0.1) is 38.0 Å². The van der Waals surface area contributed by atoms with Crippen LogP contribution in [0.4, 0.5) is 0 Å². The predicted octanol–water partition coefficient (Wildman–Crippen LogP) is 2.28. The van der Waals surface area contributed by atoms with Crippen molar-refractivity contribution in [2.45, 2.75) is 25.4 Å². The number of aliphatic hydroxyl groups excluding tert-OH is 1. The van der Waals surface area contributed by atoms with Gasteiger partial charge in [-0.3, -0.25) is 4.79 Å². The summed E-state index contributed by atoms with van der Waals surface area (Å²) in [5, 5.41) is 11.0. The Balaban J connectivity index is 1.94. The first kappa shape index (κ1) is 21.0. The highest BCUT2D eigenvalue weighted by Crippen LogP contribution is 2.46. The molecule has 1 spiro atoms. The van der Waals surface area contributed by atoms with Gasteiger partial charge in [0.2, 0.25) is 5.75 Å². The summed E-state index contributed by atoms with van der Waals surface area (Å²) in [5.74, 6) is 0.746. The number of hydrogen-bond acceptors (Lipinski definition) is 6. The van der Waals surface area contributed by atoms with Gasteiger partial charge in [-0.15, -0.1) is 0 Å². The maximum Gasteiger partial charge on any atom is 0.257 e. The van der Waals surface area contributed by atoms with E-state index in [0.29, 0.717) is 35.9 Å². The SMILES string of the molecule is COc1c(Cl)cc(C(=O)N2CCC[C@]3(CN(C)CC[C@@H]3O)C2)c(OC)c1OC. The van der Waals surface area contributed by atoms with Crippen LogP contribution in [0.15, 0.2) is 6.07 Å². The van der Waals surface area contributed by atoms with Crippen LogP contribution in [0, 0.1) is 5.41 Å². The number of nitrogens with zero attached hydrogens (tertiary/aromatic N) is 2. The van der Waals surface area contributed by atoms with Crippen molar-refractivity contribution in [1.82, 2.24) is 9.80 Å². The molecule has 1 aromatic rings. The predicted molar refractivity (Wildman–Crippen MR) is 107 cm³/mol. The summed E-state index contributed by atoms with van der Waals surface area (Å²) >= 11 is 6.33. The van der Waals surface area contributed by atoms with Crippen molar-refractivity contribution in [2.75, 3.05) is 54.6 Å². The number of hydrogen-bond donors (Lipinski definition) is 1. The number of piperidine rings is 2. The third kappa shape index (κ3) is 3.63. The second kappa shape index (κ2) is 8.35. The van der Waals surface area contributed by atoms with Gasteiger partial charge in [0, 0.05) is 31.6 Å². The Morgan fingerprint density at radius 3 is 2.46 bits per heavy atom. The van der Waals surface area contributed by atoms with Crippen molar-refractivity contribution in [2.24, 2.45) is 5.41 Å². The van der Waals surface area contributed by atoms with Crippen LogP contribution < -0.4 is 14.2 Å². The molecule has 2 atom stereocenters. The third-order valence-corrected chi connectivity index (χ3v) is 6.24. The first-order valence-electron chi connectivity index (χ1n) is 9.51. The molecule has 1 aromatic carbocycles. The smallest absolute Gasteiger partial charge is 0.257 e. The number of aliphatic hydroxyl groups is 1. The molecule has 7 nitrogen and oxygen atoms in total. The number of halogens is 1. The first-order chi connectivity index (χ1) is 13.4. The molecule has 0 saturated carbocycles. The Morgan fingerprint density at radius 1 is 1.14 bits per heavy atom. The van der Waals surface area contributed by atoms with E-state index in [1.165, 1.54) is 21.3 Å². The zero-order valence-corrected chi connectivity index (χ0v) is 17.7. The van der Waals surface area contributed by atoms with Crippen LogP contribution in [-0.2, 0) is 0 Å². The molecule has 156 valence electrons. The lowest BCUT2D eigenvalue weighted by Crippen LogP contribution is -2.59. The molecule has 1 N–H and O–H groups in total. The van der Waals surface area contributed by atoms with E-state index in [1.807, 2.05) is 0 Å². The maximum absolute atomic E-state index is 13.4. The number of methoxy groups -OCH3 is 3. The lowest BCUT2D eigenvalue weighted by Gasteiger charge is -2.50. The molecule has 28 heavy (non-hydrogen) atoms. The van der Waals surface area contributed by atoms with Crippen molar-refractivity contribution < 1.29 is 24.1 Å². The van der Waals surface area contributed by atoms with E-state index in [4.69, 9.17) is 25.8 Å². The number of likely N-dealkylation sites (tertiary alicyclic amines) is 2. The number of rotatable bonds is 4. The summed E-state index contributed by atoms with van der Waals surface area (Å²) in [5.41, 5.74) is 0.0370. The molecule has 2 fully saturated rings. The van der Waals surface area contributed by atoms with Gasteiger partial charge in [-0.05, 0) is 32.4 Å². The summed E-state index contributed by atoms with van der Waals surface area (Å²) in [4.78, 5) is 17.4. The van der Waals surface area contributed by atoms with Crippen LogP contribution in [0.2, 0.25) is 5.02 Å². The Morgan fingerprint density at radius 2 is 1.82 bits per heavy atom. The molecule has 0 bridgehead atoms. The van der Waals surface area contributed by atoms with Crippen LogP contribution in [0.1, 0.15) is 29.6 Å². The molecule has 2 aliphatic heterocycles. The number of benzene rings is 1. The summed E-state index contributed by atoms with van der Waals surface area (Å²) in [6.07, 6.45) is 2.08. The number of amides is 1. The highest BCUT2D eigenvalue weighted by Gasteiger charge is 2.46. The highest BCUT2D eigenvalue weighted by atomic mass is 35.5. The van der Waals surface area contributed by atoms with Crippen molar-refractivity contribution in [1.29, 1.82) is 0 Å². The van der Waals surface area contributed by atoms with Crippen LogP contribution in [0.3, 0.4) is 0 Å². The quantitative estimate of drug-likeness (QED) is 0.818. The summed E-state index contributed by atoms with van der Waals surface area (Å²) in [7, 11) is 6.51. The fourth-order valence-corrected chi connectivity index (χ4v) is 4.88. The summed E-state index contributed by atoms with van der Waals surface area (Å²) in [6.45, 7) is 2.79. The van der Waals surface area contributed by atoms with Gasteiger partial charge >= 0.3 is 0 Å². The normalized spacial score (nSPS) is 25.6. The van der Waals surface area contributed by atoms with E-state index in [-0.39, 0.29) is 16.3 Å². The highest BCUT2D eigenvalue weighted by molar-refractivity contribution is 6.33. The van der Waals surface area contributed by atoms with Gasteiger partial charge in [-0.1, -0.05) is 11.6 Å². The van der Waals surface area contributed by atoms with Crippen molar-refractivity contribution in [3.05, 3.63) is 16.7 Å². The van der Waals surface area contributed by atoms with Gasteiger partial charge in [0.1, 0.15) is 0 Å². The van der Waals surface area contributed by atoms with E-state index in [1.54, 1.807) is 11.0 Å². The molecule has 2 heterocycles. The molecule has 1 amide bonds. The largest absolute Gasteiger partial charge is 0.492 e. The summed E-state index contributed by atoms with van der Waals surface area (Å²) in [6, 6.07) is 1.56. The second-order valence-electron chi connectivity index (χ2n) is 7.74. The molecular weight excluding hydrogens is 384 g/mol. The molecule has 0 unspecified atom stereocenters. The third-order valence-electron chi connectivity index (χ3n) is 5.96. The average molecular weight is 413 g/mol. The van der Waals surface area contributed by atoms with Gasteiger partial charge in [0.15, 0.2) is 11.5 Å². The molecule has 2 aliphatic rings. The Kier molecular flexibility index (Phi) is 6.27. The van der Waals surface area contributed by atoms with Crippen LogP contribution >= 0.6 is 11.6 Å². The monoisotopic (exact) mass is 412 g/mol. The lowest BCUT2D eigenvalue weighted by molar-refractivity contribution is -0.0731. The van der Waals surface area contributed by atoms with E-state index in [9.17, 15) is 9.90 Å². The van der Waals surface area contributed by atoms with Crippen LogP contribution in [0.25, 0.3) is 0 Å². The van der Waals surface area contributed by atoms with Crippen molar-refractivity contribution in [3.63, 3.8) is 0 Å². The zero-order valence-electron chi connectivity index (χ0n) is 17.0. The van der Waals surface area contributed by atoms with Gasteiger partial charge in [-0.2, -0.15) is 0 Å². The Hall–Kier alpha value is -1.70. The molecule has 8 heteroatoms. The maximum atomic E-state index is 13.4. The number of ether oxygens (including phenoxy) is 3. The van der Waals surface area contributed by atoms with Gasteiger partial charge in [-0.25, -0.2) is 0 Å². The molecule has 0 radical (unpaired) electrons. The van der Waals surface area contributed by atoms with Crippen molar-refractivity contribution in [3.8, 4) is 17.2 Å². The second-order valence-corrected chi connectivity index (χ2v) is 8.15. The van der Waals surface area contributed by atoms with Crippen LogP contribution in [-0.4, -0.2) is 81.5 Å². The molecule has 3 rings (SSSR count). The minimum absolute atomic E-state index is 0.181. The van der Waals surface area contributed by atoms with Gasteiger partial charge < -0.3 is 29.1 Å².